The second-order valence-electron chi connectivity index (χ2n) is 7.35. The summed E-state index contributed by atoms with van der Waals surface area (Å²) in [5, 5.41) is 13.0. The lowest BCUT2D eigenvalue weighted by Crippen LogP contribution is -2.42. The minimum atomic E-state index is -1.14. The Morgan fingerprint density at radius 2 is 1.76 bits per heavy atom. The molecular weight excluding hydrogens is 372 g/mol. The van der Waals surface area contributed by atoms with Crippen LogP contribution in [0, 0.1) is 6.92 Å². The van der Waals surface area contributed by atoms with Gasteiger partial charge in [0.15, 0.2) is 0 Å². The van der Waals surface area contributed by atoms with Gasteiger partial charge in [-0.2, -0.15) is 0 Å². The quantitative estimate of drug-likeness (QED) is 0.667. The number of β-amino-alcohol motifs (C(OH)–C–C–N with tert-alkyl or cyclic N) is 1. The first-order chi connectivity index (χ1) is 13.8. The van der Waals surface area contributed by atoms with Gasteiger partial charge in [0.25, 0.3) is 5.91 Å². The van der Waals surface area contributed by atoms with Crippen LogP contribution in [0.3, 0.4) is 0 Å². The van der Waals surface area contributed by atoms with Gasteiger partial charge in [-0.1, -0.05) is 42.0 Å². The number of aliphatic hydroxyl groups excluding tert-OH is 1. The molecule has 154 valence electrons. The number of rotatable bonds is 8. The van der Waals surface area contributed by atoms with Crippen LogP contribution in [0.5, 0.6) is 5.75 Å². The smallest absolute Gasteiger partial charge is 0.325 e. The molecular formula is C22H26N2O5. The third-order valence-electron chi connectivity index (χ3n) is 5.04. The lowest BCUT2D eigenvalue weighted by atomic mass is 9.91. The van der Waals surface area contributed by atoms with E-state index in [9.17, 15) is 14.7 Å². The average molecular weight is 398 g/mol. The van der Waals surface area contributed by atoms with Gasteiger partial charge in [0, 0.05) is 0 Å². The van der Waals surface area contributed by atoms with Crippen molar-refractivity contribution >= 4 is 11.9 Å². The maximum atomic E-state index is 12.9. The van der Waals surface area contributed by atoms with Crippen molar-refractivity contribution in [2.45, 2.75) is 32.1 Å². The van der Waals surface area contributed by atoms with Crippen molar-refractivity contribution in [3.8, 4) is 5.75 Å². The van der Waals surface area contributed by atoms with E-state index in [2.05, 4.69) is 5.32 Å². The van der Waals surface area contributed by atoms with Gasteiger partial charge in [-0.05, 0) is 37.1 Å². The SMILES string of the molecule is COc1ccc(COCC(O)CN2C(=O)NC(C)(c3ccc(C)cc3)C2=O)cc1. The maximum absolute atomic E-state index is 12.9. The van der Waals surface area contributed by atoms with Gasteiger partial charge in [0.05, 0.1) is 33.0 Å². The van der Waals surface area contributed by atoms with Gasteiger partial charge >= 0.3 is 6.03 Å². The van der Waals surface area contributed by atoms with E-state index in [1.165, 1.54) is 0 Å². The first-order valence-corrected chi connectivity index (χ1v) is 9.43. The van der Waals surface area contributed by atoms with Crippen LogP contribution in [0.1, 0.15) is 23.6 Å². The highest BCUT2D eigenvalue weighted by Crippen LogP contribution is 2.29. The van der Waals surface area contributed by atoms with E-state index in [0.29, 0.717) is 12.2 Å². The summed E-state index contributed by atoms with van der Waals surface area (Å²) in [6.45, 7) is 3.81. The fourth-order valence-corrected chi connectivity index (χ4v) is 3.24. The number of ether oxygens (including phenoxy) is 2. The molecule has 3 amide bonds. The molecule has 0 saturated carbocycles. The van der Waals surface area contributed by atoms with E-state index >= 15 is 0 Å². The number of aryl methyl sites for hydroxylation is 1. The zero-order valence-electron chi connectivity index (χ0n) is 16.8. The molecule has 0 radical (unpaired) electrons. The molecule has 0 aliphatic carbocycles. The molecule has 0 spiro atoms. The Kier molecular flexibility index (Phi) is 6.20. The lowest BCUT2D eigenvalue weighted by molar-refractivity contribution is -0.132. The molecule has 1 heterocycles. The predicted octanol–water partition coefficient (Wildman–Crippen LogP) is 2.35. The zero-order valence-corrected chi connectivity index (χ0v) is 16.8. The van der Waals surface area contributed by atoms with Crippen molar-refractivity contribution in [1.82, 2.24) is 10.2 Å². The Hall–Kier alpha value is -2.90. The predicted molar refractivity (Wildman–Crippen MR) is 107 cm³/mol. The van der Waals surface area contributed by atoms with Crippen LogP contribution in [0.15, 0.2) is 48.5 Å². The second kappa shape index (κ2) is 8.63. The average Bonchev–Trinajstić information content (AvgIpc) is 2.93. The first kappa shape index (κ1) is 20.8. The van der Waals surface area contributed by atoms with Crippen LogP contribution < -0.4 is 10.1 Å². The first-order valence-electron chi connectivity index (χ1n) is 9.43. The van der Waals surface area contributed by atoms with E-state index < -0.39 is 17.7 Å². The number of urea groups is 1. The summed E-state index contributed by atoms with van der Waals surface area (Å²) in [7, 11) is 1.60. The van der Waals surface area contributed by atoms with E-state index in [-0.39, 0.29) is 19.1 Å². The number of imide groups is 1. The molecule has 1 fully saturated rings. The minimum Gasteiger partial charge on any atom is -0.497 e. The minimum absolute atomic E-state index is 0.00430. The van der Waals surface area contributed by atoms with E-state index in [4.69, 9.17) is 9.47 Å². The molecule has 1 aliphatic heterocycles. The van der Waals surface area contributed by atoms with Crippen molar-refractivity contribution in [1.29, 1.82) is 0 Å². The molecule has 7 nitrogen and oxygen atoms in total. The highest BCUT2D eigenvalue weighted by Gasteiger charge is 2.49. The van der Waals surface area contributed by atoms with Gasteiger partial charge in [-0.25, -0.2) is 4.79 Å². The van der Waals surface area contributed by atoms with Gasteiger partial charge in [0.1, 0.15) is 11.3 Å². The van der Waals surface area contributed by atoms with Crippen molar-refractivity contribution < 1.29 is 24.2 Å². The van der Waals surface area contributed by atoms with Gasteiger partial charge in [0.2, 0.25) is 0 Å². The van der Waals surface area contributed by atoms with Crippen LogP contribution in [0.25, 0.3) is 0 Å². The number of carbonyl (C=O) groups is 2. The number of nitrogens with zero attached hydrogens (tertiary/aromatic N) is 1. The molecule has 0 aromatic heterocycles. The normalized spacial score (nSPS) is 19.9. The molecule has 2 aromatic carbocycles. The van der Waals surface area contributed by atoms with Gasteiger partial charge in [-0.3, -0.25) is 9.69 Å². The Morgan fingerprint density at radius 1 is 1.10 bits per heavy atom. The van der Waals surface area contributed by atoms with Gasteiger partial charge < -0.3 is 19.9 Å². The van der Waals surface area contributed by atoms with Crippen molar-refractivity contribution in [2.24, 2.45) is 0 Å². The Morgan fingerprint density at radius 3 is 2.38 bits per heavy atom. The molecule has 1 aliphatic rings. The van der Waals surface area contributed by atoms with Crippen molar-refractivity contribution in [3.63, 3.8) is 0 Å². The molecule has 2 aromatic rings. The summed E-state index contributed by atoms with van der Waals surface area (Å²) in [5.74, 6) is 0.365. The Bertz CT molecular complexity index is 866. The number of methoxy groups -OCH3 is 1. The standard InChI is InChI=1S/C22H26N2O5/c1-15-4-8-17(9-5-15)22(2)20(26)24(21(27)23-22)12-18(25)14-29-13-16-6-10-19(28-3)11-7-16/h4-11,18,25H,12-14H2,1-3H3,(H,23,27). The molecule has 2 atom stereocenters. The highest BCUT2D eigenvalue weighted by molar-refractivity contribution is 6.07. The number of carbonyl (C=O) groups excluding carboxylic acids is 2. The largest absolute Gasteiger partial charge is 0.497 e. The maximum Gasteiger partial charge on any atom is 0.325 e. The Labute approximate surface area is 170 Å². The summed E-state index contributed by atoms with van der Waals surface area (Å²) in [6.07, 6.45) is -0.983. The molecule has 7 heteroatoms. The third kappa shape index (κ3) is 4.58. The van der Waals surface area contributed by atoms with Crippen LogP contribution >= 0.6 is 0 Å². The summed E-state index contributed by atoms with van der Waals surface area (Å²) in [5.41, 5.74) is 1.55. The Balaban J connectivity index is 1.55. The summed E-state index contributed by atoms with van der Waals surface area (Å²) >= 11 is 0. The number of aliphatic hydroxyl groups is 1. The van der Waals surface area contributed by atoms with E-state index in [1.807, 2.05) is 55.5 Å². The lowest BCUT2D eigenvalue weighted by Gasteiger charge is -2.23. The van der Waals surface area contributed by atoms with Crippen LogP contribution in [-0.2, 0) is 21.7 Å². The van der Waals surface area contributed by atoms with E-state index in [0.717, 1.165) is 21.8 Å². The number of benzene rings is 2. The van der Waals surface area contributed by atoms with E-state index in [1.54, 1.807) is 14.0 Å². The molecule has 3 rings (SSSR count). The number of hydrogen-bond acceptors (Lipinski definition) is 5. The van der Waals surface area contributed by atoms with Crippen molar-refractivity contribution in [3.05, 3.63) is 65.2 Å². The topological polar surface area (TPSA) is 88.1 Å². The number of nitrogens with one attached hydrogen (secondary N) is 1. The van der Waals surface area contributed by atoms with Crippen LogP contribution in [0.2, 0.25) is 0 Å². The molecule has 0 bridgehead atoms. The summed E-state index contributed by atoms with van der Waals surface area (Å²) < 4.78 is 10.6. The summed E-state index contributed by atoms with van der Waals surface area (Å²) in [6, 6.07) is 14.3. The van der Waals surface area contributed by atoms with Crippen LogP contribution in [0.4, 0.5) is 4.79 Å². The second-order valence-corrected chi connectivity index (χ2v) is 7.35. The fraction of sp³-hybridized carbons (Fsp3) is 0.364. The van der Waals surface area contributed by atoms with Crippen LogP contribution in [-0.4, -0.2) is 48.3 Å². The van der Waals surface area contributed by atoms with Crippen molar-refractivity contribution in [2.75, 3.05) is 20.3 Å². The highest BCUT2D eigenvalue weighted by atomic mass is 16.5. The molecule has 2 unspecified atom stereocenters. The van der Waals surface area contributed by atoms with Gasteiger partial charge in [-0.15, -0.1) is 0 Å². The number of hydrogen-bond donors (Lipinski definition) is 2. The third-order valence-corrected chi connectivity index (χ3v) is 5.04. The number of amides is 3. The molecule has 2 N–H and O–H groups in total. The fourth-order valence-electron chi connectivity index (χ4n) is 3.24. The monoisotopic (exact) mass is 398 g/mol. The molecule has 29 heavy (non-hydrogen) atoms. The molecule has 1 saturated heterocycles. The zero-order chi connectivity index (χ0) is 21.0. The summed E-state index contributed by atoms with van der Waals surface area (Å²) in [4.78, 5) is 26.3.